The van der Waals surface area contributed by atoms with Gasteiger partial charge in [0.2, 0.25) is 5.89 Å². The first-order chi connectivity index (χ1) is 7.81. The van der Waals surface area contributed by atoms with Gasteiger partial charge >= 0.3 is 0 Å². The Labute approximate surface area is 95.8 Å². The first-order valence-corrected chi connectivity index (χ1v) is 5.86. The molecule has 0 aromatic carbocycles. The second-order valence-electron chi connectivity index (χ2n) is 4.25. The van der Waals surface area contributed by atoms with E-state index in [4.69, 9.17) is 9.26 Å². The fourth-order valence-corrected chi connectivity index (χ4v) is 2.09. The minimum absolute atomic E-state index is 0.221. The SMILES string of the molecule is COCc1noc(C(C)N2CCCCC2)n1. The largest absolute Gasteiger partial charge is 0.377 e. The van der Waals surface area contributed by atoms with Crippen LogP contribution < -0.4 is 0 Å². The van der Waals surface area contributed by atoms with Gasteiger partial charge in [-0.1, -0.05) is 11.6 Å². The molecule has 5 nitrogen and oxygen atoms in total. The number of hydrogen-bond donors (Lipinski definition) is 0. The summed E-state index contributed by atoms with van der Waals surface area (Å²) in [7, 11) is 1.63. The van der Waals surface area contributed by atoms with Crippen LogP contribution in [0.4, 0.5) is 0 Å². The van der Waals surface area contributed by atoms with E-state index in [2.05, 4.69) is 22.0 Å². The molecule has 1 aromatic rings. The van der Waals surface area contributed by atoms with Crippen LogP contribution in [0.1, 0.15) is 43.9 Å². The molecule has 1 saturated heterocycles. The lowest BCUT2D eigenvalue weighted by molar-refractivity contribution is 0.145. The Balaban J connectivity index is 1.98. The third kappa shape index (κ3) is 2.59. The number of methoxy groups -OCH3 is 1. The van der Waals surface area contributed by atoms with Crippen molar-refractivity contribution in [1.29, 1.82) is 0 Å². The average Bonchev–Trinajstić information content (AvgIpc) is 2.78. The van der Waals surface area contributed by atoms with Crippen LogP contribution in [0, 0.1) is 0 Å². The molecule has 1 unspecified atom stereocenters. The van der Waals surface area contributed by atoms with Crippen molar-refractivity contribution in [3.8, 4) is 0 Å². The lowest BCUT2D eigenvalue weighted by Gasteiger charge is -2.29. The van der Waals surface area contributed by atoms with Crippen molar-refractivity contribution in [2.75, 3.05) is 20.2 Å². The highest BCUT2D eigenvalue weighted by atomic mass is 16.5. The Morgan fingerprint density at radius 2 is 2.12 bits per heavy atom. The molecule has 0 aliphatic carbocycles. The Hall–Kier alpha value is -0.940. The quantitative estimate of drug-likeness (QED) is 0.781. The molecule has 1 aliphatic rings. The minimum Gasteiger partial charge on any atom is -0.377 e. The van der Waals surface area contributed by atoms with Gasteiger partial charge in [0.25, 0.3) is 0 Å². The summed E-state index contributed by atoms with van der Waals surface area (Å²) < 4.78 is 10.2. The number of hydrogen-bond acceptors (Lipinski definition) is 5. The van der Waals surface area contributed by atoms with Crippen molar-refractivity contribution >= 4 is 0 Å². The van der Waals surface area contributed by atoms with E-state index in [0.29, 0.717) is 18.3 Å². The third-order valence-corrected chi connectivity index (χ3v) is 3.05. The number of aromatic nitrogens is 2. The lowest BCUT2D eigenvalue weighted by atomic mass is 10.1. The van der Waals surface area contributed by atoms with Gasteiger partial charge in [-0.25, -0.2) is 0 Å². The molecule has 5 heteroatoms. The van der Waals surface area contributed by atoms with Crippen LogP contribution in [-0.2, 0) is 11.3 Å². The Morgan fingerprint density at radius 1 is 1.38 bits per heavy atom. The normalized spacial score (nSPS) is 19.9. The van der Waals surface area contributed by atoms with E-state index in [0.717, 1.165) is 13.1 Å². The van der Waals surface area contributed by atoms with Crippen molar-refractivity contribution in [1.82, 2.24) is 15.0 Å². The van der Waals surface area contributed by atoms with E-state index in [1.807, 2.05) is 0 Å². The zero-order chi connectivity index (χ0) is 11.4. The highest BCUT2D eigenvalue weighted by molar-refractivity contribution is 4.92. The zero-order valence-electron chi connectivity index (χ0n) is 9.98. The Morgan fingerprint density at radius 3 is 2.81 bits per heavy atom. The summed E-state index contributed by atoms with van der Waals surface area (Å²) in [5.74, 6) is 1.33. The number of rotatable bonds is 4. The van der Waals surface area contributed by atoms with Gasteiger partial charge in [-0.2, -0.15) is 4.98 Å². The van der Waals surface area contributed by atoms with Gasteiger partial charge in [-0.3, -0.25) is 4.90 Å². The van der Waals surface area contributed by atoms with E-state index in [1.54, 1.807) is 7.11 Å². The average molecular weight is 225 g/mol. The van der Waals surface area contributed by atoms with Crippen LogP contribution in [0.3, 0.4) is 0 Å². The number of likely N-dealkylation sites (tertiary alicyclic amines) is 1. The molecule has 0 amide bonds. The number of ether oxygens (including phenoxy) is 1. The number of nitrogens with zero attached hydrogens (tertiary/aromatic N) is 3. The van der Waals surface area contributed by atoms with Crippen molar-refractivity contribution in [3.63, 3.8) is 0 Å². The summed E-state index contributed by atoms with van der Waals surface area (Å²) in [5.41, 5.74) is 0. The third-order valence-electron chi connectivity index (χ3n) is 3.05. The van der Waals surface area contributed by atoms with Gasteiger partial charge in [0, 0.05) is 7.11 Å². The molecular formula is C11H19N3O2. The summed E-state index contributed by atoms with van der Waals surface area (Å²) in [5, 5.41) is 3.88. The monoisotopic (exact) mass is 225 g/mol. The molecule has 1 fully saturated rings. The molecule has 90 valence electrons. The zero-order valence-corrected chi connectivity index (χ0v) is 9.98. The predicted octanol–water partition coefficient (Wildman–Crippen LogP) is 1.76. The second kappa shape index (κ2) is 5.41. The summed E-state index contributed by atoms with van der Waals surface area (Å²) in [6.07, 6.45) is 3.87. The fraction of sp³-hybridized carbons (Fsp3) is 0.818. The topological polar surface area (TPSA) is 51.4 Å². The smallest absolute Gasteiger partial charge is 0.243 e. The maximum absolute atomic E-state index is 5.25. The van der Waals surface area contributed by atoms with E-state index in [1.165, 1.54) is 19.3 Å². The molecule has 1 aromatic heterocycles. The van der Waals surface area contributed by atoms with Crippen LogP contribution in [0.5, 0.6) is 0 Å². The molecule has 0 spiro atoms. The molecule has 2 heterocycles. The summed E-state index contributed by atoms with van der Waals surface area (Å²) >= 11 is 0. The van der Waals surface area contributed by atoms with Gasteiger partial charge in [0.1, 0.15) is 6.61 Å². The standard InChI is InChI=1S/C11H19N3O2/c1-9(14-6-4-3-5-7-14)11-12-10(8-15-2)13-16-11/h9H,3-8H2,1-2H3. The molecule has 1 aliphatic heterocycles. The summed E-state index contributed by atoms with van der Waals surface area (Å²) in [4.78, 5) is 6.73. The van der Waals surface area contributed by atoms with Crippen LogP contribution in [-0.4, -0.2) is 35.2 Å². The second-order valence-corrected chi connectivity index (χ2v) is 4.25. The minimum atomic E-state index is 0.221. The molecule has 2 rings (SSSR count). The van der Waals surface area contributed by atoms with Crippen LogP contribution in [0.15, 0.2) is 4.52 Å². The van der Waals surface area contributed by atoms with Crippen molar-refractivity contribution in [3.05, 3.63) is 11.7 Å². The first kappa shape index (κ1) is 11.5. The summed E-state index contributed by atoms with van der Waals surface area (Å²) in [6, 6.07) is 0.221. The van der Waals surface area contributed by atoms with E-state index in [-0.39, 0.29) is 6.04 Å². The highest BCUT2D eigenvalue weighted by Gasteiger charge is 2.22. The predicted molar refractivity (Wildman–Crippen MR) is 58.9 cm³/mol. The highest BCUT2D eigenvalue weighted by Crippen LogP contribution is 2.22. The van der Waals surface area contributed by atoms with Crippen molar-refractivity contribution in [2.45, 2.75) is 38.8 Å². The van der Waals surface area contributed by atoms with E-state index in [9.17, 15) is 0 Å². The number of piperidine rings is 1. The molecular weight excluding hydrogens is 206 g/mol. The molecule has 0 bridgehead atoms. The Bertz CT molecular complexity index is 321. The fourth-order valence-electron chi connectivity index (χ4n) is 2.09. The van der Waals surface area contributed by atoms with Gasteiger partial charge in [0.15, 0.2) is 5.82 Å². The maximum Gasteiger partial charge on any atom is 0.243 e. The maximum atomic E-state index is 5.25. The molecule has 16 heavy (non-hydrogen) atoms. The first-order valence-electron chi connectivity index (χ1n) is 5.86. The molecule has 1 atom stereocenters. The van der Waals surface area contributed by atoms with Crippen LogP contribution in [0.2, 0.25) is 0 Å². The van der Waals surface area contributed by atoms with Gasteiger partial charge < -0.3 is 9.26 Å². The van der Waals surface area contributed by atoms with Crippen molar-refractivity contribution in [2.24, 2.45) is 0 Å². The Kier molecular flexibility index (Phi) is 3.90. The molecule has 0 N–H and O–H groups in total. The van der Waals surface area contributed by atoms with Crippen LogP contribution >= 0.6 is 0 Å². The summed E-state index contributed by atoms with van der Waals surface area (Å²) in [6.45, 7) is 4.79. The molecule has 0 saturated carbocycles. The van der Waals surface area contributed by atoms with Gasteiger partial charge in [-0.15, -0.1) is 0 Å². The van der Waals surface area contributed by atoms with Crippen molar-refractivity contribution < 1.29 is 9.26 Å². The molecule has 0 radical (unpaired) electrons. The van der Waals surface area contributed by atoms with E-state index < -0.39 is 0 Å². The van der Waals surface area contributed by atoms with Gasteiger partial charge in [0.05, 0.1) is 6.04 Å². The lowest BCUT2D eigenvalue weighted by Crippen LogP contribution is -2.32. The van der Waals surface area contributed by atoms with Gasteiger partial charge in [-0.05, 0) is 32.9 Å². The van der Waals surface area contributed by atoms with E-state index >= 15 is 0 Å². The van der Waals surface area contributed by atoms with Crippen LogP contribution in [0.25, 0.3) is 0 Å².